The van der Waals surface area contributed by atoms with Crippen molar-refractivity contribution in [1.82, 2.24) is 4.90 Å². The normalized spacial score (nSPS) is 12.0. The zero-order valence-electron chi connectivity index (χ0n) is 12.3. The van der Waals surface area contributed by atoms with Gasteiger partial charge in [0.25, 0.3) is 5.91 Å². The number of ether oxygens (including phenoxy) is 2. The molecule has 0 aliphatic carbocycles. The minimum Gasteiger partial charge on any atom is -0.481 e. The van der Waals surface area contributed by atoms with Gasteiger partial charge in [-0.3, -0.25) is 4.79 Å². The molecule has 1 N–H and O–H groups in total. The highest BCUT2D eigenvalue weighted by Gasteiger charge is 2.21. The number of amides is 1. The predicted molar refractivity (Wildman–Crippen MR) is 76.8 cm³/mol. The number of aryl methyl sites for hydroxylation is 1. The molecule has 0 saturated heterocycles. The van der Waals surface area contributed by atoms with Gasteiger partial charge in [-0.15, -0.1) is 0 Å². The van der Waals surface area contributed by atoms with Crippen LogP contribution in [-0.4, -0.2) is 55.4 Å². The molecule has 1 unspecified atom stereocenters. The van der Waals surface area contributed by atoms with E-state index in [1.54, 1.807) is 18.9 Å². The van der Waals surface area contributed by atoms with Crippen molar-refractivity contribution in [2.24, 2.45) is 0 Å². The van der Waals surface area contributed by atoms with Gasteiger partial charge in [-0.2, -0.15) is 0 Å². The first-order chi connectivity index (χ1) is 9.58. The van der Waals surface area contributed by atoms with Crippen molar-refractivity contribution in [3.8, 4) is 5.75 Å². The number of carbonyl (C=O) groups is 1. The molecule has 5 nitrogen and oxygen atoms in total. The zero-order valence-corrected chi connectivity index (χ0v) is 12.3. The van der Waals surface area contributed by atoms with E-state index in [2.05, 4.69) is 0 Å². The van der Waals surface area contributed by atoms with Crippen LogP contribution in [0, 0.1) is 6.92 Å². The molecule has 112 valence electrons. The number of hydrogen-bond acceptors (Lipinski definition) is 4. The number of methoxy groups -OCH3 is 1. The Morgan fingerprint density at radius 2 is 2.15 bits per heavy atom. The first-order valence-corrected chi connectivity index (χ1v) is 6.70. The zero-order chi connectivity index (χ0) is 15.0. The van der Waals surface area contributed by atoms with Gasteiger partial charge in [0.15, 0.2) is 6.10 Å². The summed E-state index contributed by atoms with van der Waals surface area (Å²) in [6.45, 7) is 4.76. The molecule has 5 heteroatoms. The average molecular weight is 281 g/mol. The smallest absolute Gasteiger partial charge is 0.263 e. The van der Waals surface area contributed by atoms with Crippen LogP contribution in [0.3, 0.4) is 0 Å². The molecule has 0 aliphatic heterocycles. The number of rotatable bonds is 8. The summed E-state index contributed by atoms with van der Waals surface area (Å²) in [5.74, 6) is 0.513. The van der Waals surface area contributed by atoms with Crippen molar-refractivity contribution in [3.63, 3.8) is 0 Å². The second-order valence-electron chi connectivity index (χ2n) is 4.62. The maximum absolute atomic E-state index is 12.3. The molecular formula is C15H23NO4. The summed E-state index contributed by atoms with van der Waals surface area (Å²) in [5, 5.41) is 9.02. The molecule has 0 heterocycles. The SMILES string of the molecule is COCCN(CCO)C(=O)C(C)Oc1cccc(C)c1. The van der Waals surface area contributed by atoms with Gasteiger partial charge in [0, 0.05) is 20.2 Å². The summed E-state index contributed by atoms with van der Waals surface area (Å²) >= 11 is 0. The second-order valence-corrected chi connectivity index (χ2v) is 4.62. The van der Waals surface area contributed by atoms with E-state index in [0.717, 1.165) is 5.56 Å². The van der Waals surface area contributed by atoms with Gasteiger partial charge < -0.3 is 19.5 Å². The van der Waals surface area contributed by atoms with Gasteiger partial charge in [-0.25, -0.2) is 0 Å². The van der Waals surface area contributed by atoms with E-state index in [1.165, 1.54) is 0 Å². The van der Waals surface area contributed by atoms with Gasteiger partial charge in [-0.05, 0) is 31.5 Å². The maximum Gasteiger partial charge on any atom is 0.263 e. The molecule has 0 saturated carbocycles. The molecule has 1 aromatic carbocycles. The van der Waals surface area contributed by atoms with Crippen LogP contribution in [0.5, 0.6) is 5.75 Å². The quantitative estimate of drug-likeness (QED) is 0.778. The highest BCUT2D eigenvalue weighted by molar-refractivity contribution is 5.80. The van der Waals surface area contributed by atoms with Crippen molar-refractivity contribution in [2.75, 3.05) is 33.4 Å². The molecule has 0 spiro atoms. The Kier molecular flexibility index (Phi) is 7.04. The van der Waals surface area contributed by atoms with Crippen LogP contribution in [0.2, 0.25) is 0 Å². The van der Waals surface area contributed by atoms with Crippen LogP contribution < -0.4 is 4.74 Å². The van der Waals surface area contributed by atoms with Crippen molar-refractivity contribution < 1.29 is 19.4 Å². The Morgan fingerprint density at radius 1 is 1.40 bits per heavy atom. The van der Waals surface area contributed by atoms with Crippen LogP contribution in [0.15, 0.2) is 24.3 Å². The van der Waals surface area contributed by atoms with E-state index >= 15 is 0 Å². The first-order valence-electron chi connectivity index (χ1n) is 6.70. The van der Waals surface area contributed by atoms with Gasteiger partial charge in [-0.1, -0.05) is 12.1 Å². The van der Waals surface area contributed by atoms with E-state index in [4.69, 9.17) is 14.6 Å². The Labute approximate surface area is 120 Å². The van der Waals surface area contributed by atoms with E-state index in [9.17, 15) is 4.79 Å². The van der Waals surface area contributed by atoms with Crippen molar-refractivity contribution in [1.29, 1.82) is 0 Å². The Morgan fingerprint density at radius 3 is 2.75 bits per heavy atom. The molecule has 20 heavy (non-hydrogen) atoms. The van der Waals surface area contributed by atoms with Gasteiger partial charge in [0.2, 0.25) is 0 Å². The monoisotopic (exact) mass is 281 g/mol. The van der Waals surface area contributed by atoms with Crippen LogP contribution in [0.1, 0.15) is 12.5 Å². The lowest BCUT2D eigenvalue weighted by molar-refractivity contribution is -0.139. The van der Waals surface area contributed by atoms with Crippen LogP contribution in [0.25, 0.3) is 0 Å². The summed E-state index contributed by atoms with van der Waals surface area (Å²) in [6.07, 6.45) is -0.597. The minimum atomic E-state index is -0.597. The van der Waals surface area contributed by atoms with Gasteiger partial charge in [0.1, 0.15) is 5.75 Å². The summed E-state index contributed by atoms with van der Waals surface area (Å²) in [5.41, 5.74) is 1.08. The molecular weight excluding hydrogens is 258 g/mol. The third-order valence-electron chi connectivity index (χ3n) is 2.90. The number of nitrogens with zero attached hydrogens (tertiary/aromatic N) is 1. The Balaban J connectivity index is 2.63. The Bertz CT molecular complexity index is 422. The third-order valence-corrected chi connectivity index (χ3v) is 2.90. The second kappa shape index (κ2) is 8.55. The third kappa shape index (κ3) is 5.19. The van der Waals surface area contributed by atoms with Crippen LogP contribution >= 0.6 is 0 Å². The standard InChI is InChI=1S/C15H23NO4/c1-12-5-4-6-14(11-12)20-13(2)15(18)16(7-9-17)8-10-19-3/h4-6,11,13,17H,7-10H2,1-3H3. The first kappa shape index (κ1) is 16.5. The molecule has 1 rings (SSSR count). The van der Waals surface area contributed by atoms with Crippen molar-refractivity contribution in [2.45, 2.75) is 20.0 Å². The fourth-order valence-corrected chi connectivity index (χ4v) is 1.85. The fraction of sp³-hybridized carbons (Fsp3) is 0.533. The van der Waals surface area contributed by atoms with Crippen LogP contribution in [0.4, 0.5) is 0 Å². The molecule has 0 fully saturated rings. The largest absolute Gasteiger partial charge is 0.481 e. The number of aliphatic hydroxyl groups is 1. The topological polar surface area (TPSA) is 59.0 Å². The molecule has 1 amide bonds. The van der Waals surface area contributed by atoms with Crippen molar-refractivity contribution in [3.05, 3.63) is 29.8 Å². The van der Waals surface area contributed by atoms with Crippen molar-refractivity contribution >= 4 is 5.91 Å². The molecule has 0 aliphatic rings. The molecule has 0 radical (unpaired) electrons. The van der Waals surface area contributed by atoms with Crippen LogP contribution in [-0.2, 0) is 9.53 Å². The number of carbonyl (C=O) groups excluding carboxylic acids is 1. The fourth-order valence-electron chi connectivity index (χ4n) is 1.85. The highest BCUT2D eigenvalue weighted by Crippen LogP contribution is 2.15. The van der Waals surface area contributed by atoms with E-state index in [1.807, 2.05) is 31.2 Å². The highest BCUT2D eigenvalue weighted by atomic mass is 16.5. The molecule has 1 atom stereocenters. The molecule has 0 aromatic heterocycles. The van der Waals surface area contributed by atoms with E-state index in [-0.39, 0.29) is 19.1 Å². The van der Waals surface area contributed by atoms with Gasteiger partial charge in [0.05, 0.1) is 13.2 Å². The van der Waals surface area contributed by atoms with E-state index in [0.29, 0.717) is 18.9 Å². The van der Waals surface area contributed by atoms with Gasteiger partial charge >= 0.3 is 0 Å². The maximum atomic E-state index is 12.3. The lowest BCUT2D eigenvalue weighted by Gasteiger charge is -2.25. The number of benzene rings is 1. The summed E-state index contributed by atoms with van der Waals surface area (Å²) in [6, 6.07) is 7.56. The number of aliphatic hydroxyl groups excluding tert-OH is 1. The molecule has 1 aromatic rings. The number of hydrogen-bond donors (Lipinski definition) is 1. The summed E-state index contributed by atoms with van der Waals surface area (Å²) < 4.78 is 10.6. The van der Waals surface area contributed by atoms with E-state index < -0.39 is 6.10 Å². The minimum absolute atomic E-state index is 0.0768. The lowest BCUT2D eigenvalue weighted by atomic mass is 10.2. The lowest BCUT2D eigenvalue weighted by Crippen LogP contribution is -2.43. The summed E-state index contributed by atoms with van der Waals surface area (Å²) in [4.78, 5) is 13.8. The molecule has 0 bridgehead atoms. The predicted octanol–water partition coefficient (Wildman–Crippen LogP) is 1.23. The Hall–Kier alpha value is -1.59. The average Bonchev–Trinajstić information content (AvgIpc) is 2.42. The summed E-state index contributed by atoms with van der Waals surface area (Å²) in [7, 11) is 1.58.